The van der Waals surface area contributed by atoms with Crippen molar-refractivity contribution in [3.63, 3.8) is 0 Å². The van der Waals surface area contributed by atoms with Crippen LogP contribution in [0.2, 0.25) is 0 Å². The summed E-state index contributed by atoms with van der Waals surface area (Å²) in [6.45, 7) is 4.00. The van der Waals surface area contributed by atoms with E-state index < -0.39 is 17.5 Å². The predicted octanol–water partition coefficient (Wildman–Crippen LogP) is 5.59. The van der Waals surface area contributed by atoms with Crippen LogP contribution in [-0.2, 0) is 9.59 Å². The summed E-state index contributed by atoms with van der Waals surface area (Å²) >= 11 is 0. The highest BCUT2D eigenvalue weighted by atomic mass is 19.2. The third-order valence-corrected chi connectivity index (χ3v) is 4.61. The minimum Gasteiger partial charge on any atom is -0.381 e. The number of rotatable bonds is 5. The monoisotopic (exact) mass is 439 g/mol. The molecule has 0 amide bonds. The van der Waals surface area contributed by atoms with Crippen LogP contribution in [0.4, 0.5) is 30.2 Å². The third kappa shape index (κ3) is 5.73. The summed E-state index contributed by atoms with van der Waals surface area (Å²) in [6, 6.07) is 16.0. The lowest BCUT2D eigenvalue weighted by Gasteiger charge is -2.16. The predicted molar refractivity (Wildman–Crippen MR) is 117 cm³/mol. The van der Waals surface area contributed by atoms with Crippen LogP contribution in [0, 0.1) is 28.8 Å². The second-order valence-electron chi connectivity index (χ2n) is 6.71. The molecule has 2 N–H and O–H groups in total. The number of benzene rings is 3. The van der Waals surface area contributed by atoms with Crippen LogP contribution >= 0.6 is 0 Å². The lowest BCUT2D eigenvalue weighted by atomic mass is 10.0. The van der Waals surface area contributed by atoms with Crippen LogP contribution in [0.25, 0.3) is 11.1 Å². The van der Waals surface area contributed by atoms with Gasteiger partial charge in [-0.25, -0.2) is 13.2 Å². The second-order valence-corrected chi connectivity index (χ2v) is 6.71. The van der Waals surface area contributed by atoms with Gasteiger partial charge < -0.3 is 20.2 Å². The number of nitriles is 1. The highest BCUT2D eigenvalue weighted by molar-refractivity contribution is 5.77. The van der Waals surface area contributed by atoms with Crippen LogP contribution in [0.5, 0.6) is 0 Å². The van der Waals surface area contributed by atoms with E-state index in [0.29, 0.717) is 16.8 Å². The topological polar surface area (TPSA) is 82.0 Å². The van der Waals surface area contributed by atoms with Gasteiger partial charge in [0.15, 0.2) is 11.6 Å². The molecular weight excluding hydrogens is 419 g/mol. The first-order valence-corrected chi connectivity index (χ1v) is 9.44. The molecule has 3 aromatic rings. The first-order valence-electron chi connectivity index (χ1n) is 9.44. The molecule has 0 spiro atoms. The molecule has 0 atom stereocenters. The van der Waals surface area contributed by atoms with Crippen molar-refractivity contribution in [3.8, 4) is 17.2 Å². The molecule has 0 heterocycles. The van der Waals surface area contributed by atoms with E-state index in [1.165, 1.54) is 18.2 Å². The maximum Gasteiger partial charge on any atom is 0.184 e. The molecule has 0 aliphatic heterocycles. The van der Waals surface area contributed by atoms with Crippen molar-refractivity contribution < 1.29 is 22.8 Å². The number of hydrogen-bond acceptors (Lipinski definition) is 5. The first kappa shape index (κ1) is 24.2. The molecule has 1 aliphatic rings. The van der Waals surface area contributed by atoms with Crippen LogP contribution in [0.15, 0.2) is 54.6 Å². The smallest absolute Gasteiger partial charge is 0.184 e. The SMILES string of the molecule is C=O.C=O.N#Cc1ccc(-c2ccc(Nc3c(NC4CC4)ccc(F)c3F)c(F)c2)cc1. The number of halogens is 3. The molecule has 1 fully saturated rings. The van der Waals surface area contributed by atoms with E-state index in [2.05, 4.69) is 10.6 Å². The van der Waals surface area contributed by atoms with Gasteiger partial charge in [-0.3, -0.25) is 0 Å². The van der Waals surface area contributed by atoms with E-state index in [0.717, 1.165) is 24.5 Å². The van der Waals surface area contributed by atoms with E-state index >= 15 is 0 Å². The van der Waals surface area contributed by atoms with Gasteiger partial charge >= 0.3 is 0 Å². The van der Waals surface area contributed by atoms with E-state index in [1.807, 2.05) is 19.6 Å². The van der Waals surface area contributed by atoms with Crippen LogP contribution < -0.4 is 10.6 Å². The van der Waals surface area contributed by atoms with Crippen molar-refractivity contribution in [1.29, 1.82) is 5.26 Å². The first-order chi connectivity index (χ1) is 15.5. The van der Waals surface area contributed by atoms with Crippen LogP contribution in [0.1, 0.15) is 18.4 Å². The number of hydrogen-bond donors (Lipinski definition) is 2. The molecule has 8 heteroatoms. The maximum atomic E-state index is 14.7. The average molecular weight is 439 g/mol. The Balaban J connectivity index is 0.000000860. The Morgan fingerprint density at radius 3 is 1.97 bits per heavy atom. The fourth-order valence-corrected chi connectivity index (χ4v) is 2.91. The maximum absolute atomic E-state index is 14.7. The lowest BCUT2D eigenvalue weighted by molar-refractivity contribution is -0.0987. The van der Waals surface area contributed by atoms with Crippen molar-refractivity contribution in [2.24, 2.45) is 0 Å². The Labute approximate surface area is 183 Å². The molecule has 4 rings (SSSR count). The second kappa shape index (κ2) is 11.3. The van der Waals surface area contributed by atoms with Gasteiger partial charge in [-0.05, 0) is 60.4 Å². The molecule has 32 heavy (non-hydrogen) atoms. The van der Waals surface area contributed by atoms with Crippen molar-refractivity contribution in [3.05, 3.63) is 77.6 Å². The Kier molecular flexibility index (Phi) is 8.54. The molecule has 1 aliphatic carbocycles. The number of nitrogens with zero attached hydrogens (tertiary/aromatic N) is 1. The van der Waals surface area contributed by atoms with Gasteiger partial charge in [-0.2, -0.15) is 5.26 Å². The van der Waals surface area contributed by atoms with E-state index in [1.54, 1.807) is 30.3 Å². The normalized spacial score (nSPS) is 11.7. The van der Waals surface area contributed by atoms with Gasteiger partial charge in [-0.1, -0.05) is 18.2 Å². The van der Waals surface area contributed by atoms with Gasteiger partial charge in [0.1, 0.15) is 25.1 Å². The number of anilines is 3. The van der Waals surface area contributed by atoms with Crippen molar-refractivity contribution >= 4 is 30.6 Å². The molecule has 0 radical (unpaired) electrons. The molecule has 0 saturated heterocycles. The summed E-state index contributed by atoms with van der Waals surface area (Å²) in [5.41, 5.74) is 2.20. The molecule has 164 valence electrons. The minimum absolute atomic E-state index is 0.0424. The Morgan fingerprint density at radius 1 is 0.812 bits per heavy atom. The molecule has 0 bridgehead atoms. The highest BCUT2D eigenvalue weighted by Gasteiger charge is 2.24. The molecule has 0 unspecified atom stereocenters. The quantitative estimate of drug-likeness (QED) is 0.542. The largest absolute Gasteiger partial charge is 0.381 e. The summed E-state index contributed by atoms with van der Waals surface area (Å²) in [6.07, 6.45) is 1.93. The van der Waals surface area contributed by atoms with E-state index in [-0.39, 0.29) is 17.4 Å². The highest BCUT2D eigenvalue weighted by Crippen LogP contribution is 2.35. The zero-order valence-electron chi connectivity index (χ0n) is 17.0. The molecule has 0 aromatic heterocycles. The van der Waals surface area contributed by atoms with Gasteiger partial charge in [0, 0.05) is 6.04 Å². The number of carbonyl (C=O) groups excluding carboxylic acids is 2. The Hall–Kier alpha value is -4.12. The van der Waals surface area contributed by atoms with Crippen LogP contribution in [0.3, 0.4) is 0 Å². The summed E-state index contributed by atoms with van der Waals surface area (Å²) in [4.78, 5) is 16.0. The molecule has 3 aromatic carbocycles. The fourth-order valence-electron chi connectivity index (χ4n) is 2.91. The Bertz CT molecular complexity index is 1110. The van der Waals surface area contributed by atoms with Crippen molar-refractivity contribution in [2.75, 3.05) is 10.6 Å². The van der Waals surface area contributed by atoms with Gasteiger partial charge in [0.05, 0.1) is 23.0 Å². The standard InChI is InChI=1S/C22H16F3N3.2CH2O/c23-17-8-10-20(27-16-6-7-16)22(21(17)25)28-19-9-5-15(11-18(19)24)14-3-1-13(12-26)2-4-14;2*1-2/h1-5,8-11,16,27-28H,6-7H2;2*1H2. The Morgan fingerprint density at radius 2 is 1.41 bits per heavy atom. The summed E-state index contributed by atoms with van der Waals surface area (Å²) in [5, 5.41) is 14.7. The summed E-state index contributed by atoms with van der Waals surface area (Å²) < 4.78 is 42.7. The van der Waals surface area contributed by atoms with Crippen molar-refractivity contribution in [1.82, 2.24) is 0 Å². The van der Waals surface area contributed by atoms with Gasteiger partial charge in [0.25, 0.3) is 0 Å². The van der Waals surface area contributed by atoms with Gasteiger partial charge in [-0.15, -0.1) is 0 Å². The molecular formula is C24H20F3N3O2. The summed E-state index contributed by atoms with van der Waals surface area (Å²) in [7, 11) is 0. The van der Waals surface area contributed by atoms with E-state index in [4.69, 9.17) is 14.9 Å². The zero-order valence-corrected chi connectivity index (χ0v) is 17.0. The van der Waals surface area contributed by atoms with Crippen molar-refractivity contribution in [2.45, 2.75) is 18.9 Å². The average Bonchev–Trinajstić information content (AvgIpc) is 3.66. The molecule has 5 nitrogen and oxygen atoms in total. The summed E-state index contributed by atoms with van der Waals surface area (Å²) in [5.74, 6) is -2.65. The van der Waals surface area contributed by atoms with Gasteiger partial charge in [0.2, 0.25) is 0 Å². The van der Waals surface area contributed by atoms with Crippen LogP contribution in [-0.4, -0.2) is 19.6 Å². The number of carbonyl (C=O) groups is 2. The number of nitrogens with one attached hydrogen (secondary N) is 2. The third-order valence-electron chi connectivity index (χ3n) is 4.61. The molecule has 1 saturated carbocycles. The van der Waals surface area contributed by atoms with E-state index in [9.17, 15) is 13.2 Å². The minimum atomic E-state index is -1.05. The zero-order chi connectivity index (χ0) is 23.7. The fraction of sp³-hybridized carbons (Fsp3) is 0.125. The lowest BCUT2D eigenvalue weighted by Crippen LogP contribution is -2.07.